The molecule has 0 aliphatic heterocycles. The van der Waals surface area contributed by atoms with Crippen LogP contribution < -0.4 is 10.6 Å². The number of carbonyl (C=O) groups is 1. The number of carbonyl (C=O) groups excluding carboxylic acids is 1. The molecule has 2 rings (SSSR count). The molecule has 0 unspecified atom stereocenters. The lowest BCUT2D eigenvalue weighted by molar-refractivity contribution is -0.384. The first-order valence-electron chi connectivity index (χ1n) is 6.48. The van der Waals surface area contributed by atoms with E-state index in [9.17, 15) is 14.9 Å². The minimum atomic E-state index is -0.487. The van der Waals surface area contributed by atoms with Crippen LogP contribution >= 0.6 is 11.3 Å². The minimum Gasteiger partial charge on any atom is -0.379 e. The maximum absolute atomic E-state index is 12.3. The van der Waals surface area contributed by atoms with Crippen LogP contribution in [-0.4, -0.2) is 17.4 Å². The van der Waals surface area contributed by atoms with E-state index in [0.29, 0.717) is 12.2 Å². The van der Waals surface area contributed by atoms with Crippen LogP contribution in [0, 0.1) is 10.1 Å². The summed E-state index contributed by atoms with van der Waals surface area (Å²) >= 11 is 1.46. The molecule has 110 valence electrons. The molecule has 0 saturated carbocycles. The largest absolute Gasteiger partial charge is 0.379 e. The number of para-hydroxylation sites is 1. The maximum atomic E-state index is 12.3. The quantitative estimate of drug-likeness (QED) is 0.629. The molecule has 0 atom stereocenters. The van der Waals surface area contributed by atoms with Gasteiger partial charge >= 0.3 is 0 Å². The SMILES string of the molecule is CCCNc1c(C(=O)Nc2ccsc2)cccc1[N+](=O)[O-]. The van der Waals surface area contributed by atoms with E-state index in [-0.39, 0.29) is 22.8 Å². The molecule has 1 amide bonds. The second-order valence-corrected chi connectivity index (χ2v) is 5.13. The van der Waals surface area contributed by atoms with Crippen molar-refractivity contribution in [3.8, 4) is 0 Å². The van der Waals surface area contributed by atoms with Crippen molar-refractivity contribution in [3.05, 3.63) is 50.7 Å². The summed E-state index contributed by atoms with van der Waals surface area (Å²) in [5.74, 6) is -0.365. The van der Waals surface area contributed by atoms with E-state index in [1.54, 1.807) is 17.5 Å². The second-order valence-electron chi connectivity index (χ2n) is 4.35. The standard InChI is InChI=1S/C14H15N3O3S/c1-2-7-15-13-11(4-3-5-12(13)17(19)20)14(18)16-10-6-8-21-9-10/h3-6,8-9,15H,2,7H2,1H3,(H,16,18). The lowest BCUT2D eigenvalue weighted by Gasteiger charge is -2.11. The van der Waals surface area contributed by atoms with Crippen molar-refractivity contribution in [2.45, 2.75) is 13.3 Å². The Kier molecular flexibility index (Phi) is 4.89. The Bertz CT molecular complexity index is 641. The molecular weight excluding hydrogens is 290 g/mol. The predicted octanol–water partition coefficient (Wildman–Crippen LogP) is 3.73. The van der Waals surface area contributed by atoms with E-state index in [1.807, 2.05) is 12.3 Å². The van der Waals surface area contributed by atoms with Crippen molar-refractivity contribution >= 4 is 34.3 Å². The van der Waals surface area contributed by atoms with Gasteiger partial charge in [-0.1, -0.05) is 13.0 Å². The number of rotatable bonds is 6. The second kappa shape index (κ2) is 6.85. The van der Waals surface area contributed by atoms with Gasteiger partial charge in [-0.05, 0) is 23.9 Å². The summed E-state index contributed by atoms with van der Waals surface area (Å²) in [6.45, 7) is 2.51. The zero-order chi connectivity index (χ0) is 15.2. The Morgan fingerprint density at radius 3 is 2.81 bits per heavy atom. The summed E-state index contributed by atoms with van der Waals surface area (Å²) in [7, 11) is 0. The minimum absolute atomic E-state index is 0.0959. The Hall–Kier alpha value is -2.41. The fourth-order valence-electron chi connectivity index (χ4n) is 1.85. The Morgan fingerprint density at radius 1 is 1.38 bits per heavy atom. The van der Waals surface area contributed by atoms with Gasteiger partial charge < -0.3 is 10.6 Å². The molecule has 1 heterocycles. The highest BCUT2D eigenvalue weighted by Gasteiger charge is 2.21. The molecule has 1 aromatic heterocycles. The number of thiophene rings is 1. The molecule has 7 heteroatoms. The average molecular weight is 305 g/mol. The molecule has 2 aromatic rings. The Labute approximate surface area is 126 Å². The van der Waals surface area contributed by atoms with E-state index in [0.717, 1.165) is 6.42 Å². The van der Waals surface area contributed by atoms with Gasteiger partial charge in [-0.3, -0.25) is 14.9 Å². The van der Waals surface area contributed by atoms with E-state index >= 15 is 0 Å². The molecule has 21 heavy (non-hydrogen) atoms. The monoisotopic (exact) mass is 305 g/mol. The van der Waals surface area contributed by atoms with Gasteiger partial charge in [0.05, 0.1) is 16.2 Å². The van der Waals surface area contributed by atoms with E-state index in [2.05, 4.69) is 10.6 Å². The lowest BCUT2D eigenvalue weighted by atomic mass is 10.1. The highest BCUT2D eigenvalue weighted by Crippen LogP contribution is 2.29. The predicted molar refractivity (Wildman–Crippen MR) is 84.1 cm³/mol. The third-order valence-corrected chi connectivity index (χ3v) is 3.50. The first kappa shape index (κ1) is 15.0. The fourth-order valence-corrected chi connectivity index (χ4v) is 2.44. The van der Waals surface area contributed by atoms with Crippen LogP contribution in [0.2, 0.25) is 0 Å². The van der Waals surface area contributed by atoms with E-state index < -0.39 is 4.92 Å². The Balaban J connectivity index is 2.34. The lowest BCUT2D eigenvalue weighted by Crippen LogP contribution is -2.16. The van der Waals surface area contributed by atoms with Gasteiger partial charge in [-0.15, -0.1) is 0 Å². The van der Waals surface area contributed by atoms with Crippen LogP contribution in [0.5, 0.6) is 0 Å². The maximum Gasteiger partial charge on any atom is 0.293 e. The zero-order valence-corrected chi connectivity index (χ0v) is 12.3. The van der Waals surface area contributed by atoms with Gasteiger partial charge in [0.25, 0.3) is 11.6 Å². The van der Waals surface area contributed by atoms with Crippen LogP contribution in [0.4, 0.5) is 17.1 Å². The summed E-state index contributed by atoms with van der Waals surface area (Å²) in [5, 5.41) is 20.5. The van der Waals surface area contributed by atoms with Crippen molar-refractivity contribution in [3.63, 3.8) is 0 Å². The van der Waals surface area contributed by atoms with Crippen molar-refractivity contribution in [2.75, 3.05) is 17.2 Å². The molecule has 2 N–H and O–H groups in total. The molecule has 6 nitrogen and oxygen atoms in total. The van der Waals surface area contributed by atoms with E-state index in [1.165, 1.54) is 23.5 Å². The number of nitro groups is 1. The smallest absolute Gasteiger partial charge is 0.293 e. The van der Waals surface area contributed by atoms with Crippen LogP contribution in [-0.2, 0) is 0 Å². The topological polar surface area (TPSA) is 84.3 Å². The van der Waals surface area contributed by atoms with Crippen LogP contribution in [0.3, 0.4) is 0 Å². The summed E-state index contributed by atoms with van der Waals surface area (Å²) in [6.07, 6.45) is 0.803. The summed E-state index contributed by atoms with van der Waals surface area (Å²) in [5.41, 5.74) is 1.11. The number of anilines is 2. The van der Waals surface area contributed by atoms with Crippen molar-refractivity contribution in [1.29, 1.82) is 0 Å². The third-order valence-electron chi connectivity index (χ3n) is 2.81. The number of amides is 1. The summed E-state index contributed by atoms with van der Waals surface area (Å²) < 4.78 is 0. The molecule has 0 radical (unpaired) electrons. The molecule has 0 aliphatic rings. The van der Waals surface area contributed by atoms with Gasteiger partial charge in [0, 0.05) is 18.0 Å². The molecule has 1 aromatic carbocycles. The number of hydrogen-bond donors (Lipinski definition) is 2. The average Bonchev–Trinajstić information content (AvgIpc) is 2.97. The summed E-state index contributed by atoms with van der Waals surface area (Å²) in [4.78, 5) is 22.9. The molecule has 0 saturated heterocycles. The van der Waals surface area contributed by atoms with Crippen molar-refractivity contribution < 1.29 is 9.72 Å². The van der Waals surface area contributed by atoms with Crippen LogP contribution in [0.1, 0.15) is 23.7 Å². The van der Waals surface area contributed by atoms with Gasteiger partial charge in [-0.25, -0.2) is 0 Å². The number of hydrogen-bond acceptors (Lipinski definition) is 5. The van der Waals surface area contributed by atoms with Crippen LogP contribution in [0.15, 0.2) is 35.0 Å². The van der Waals surface area contributed by atoms with Crippen molar-refractivity contribution in [1.82, 2.24) is 0 Å². The molecule has 0 spiro atoms. The molecule has 0 fully saturated rings. The first-order valence-corrected chi connectivity index (χ1v) is 7.42. The zero-order valence-electron chi connectivity index (χ0n) is 11.5. The number of nitro benzene ring substituents is 1. The highest BCUT2D eigenvalue weighted by molar-refractivity contribution is 7.08. The normalized spacial score (nSPS) is 10.1. The number of nitrogens with one attached hydrogen (secondary N) is 2. The highest BCUT2D eigenvalue weighted by atomic mass is 32.1. The fraction of sp³-hybridized carbons (Fsp3) is 0.214. The van der Waals surface area contributed by atoms with Gasteiger partial charge in [-0.2, -0.15) is 11.3 Å². The molecular formula is C14H15N3O3S. The molecule has 0 bridgehead atoms. The van der Waals surface area contributed by atoms with Crippen LogP contribution in [0.25, 0.3) is 0 Å². The van der Waals surface area contributed by atoms with Crippen molar-refractivity contribution in [2.24, 2.45) is 0 Å². The van der Waals surface area contributed by atoms with E-state index in [4.69, 9.17) is 0 Å². The third kappa shape index (κ3) is 3.57. The summed E-state index contributed by atoms with van der Waals surface area (Å²) in [6, 6.07) is 6.25. The number of nitrogens with zero attached hydrogens (tertiary/aromatic N) is 1. The van der Waals surface area contributed by atoms with Gasteiger partial charge in [0.1, 0.15) is 5.69 Å². The number of benzene rings is 1. The van der Waals surface area contributed by atoms with Gasteiger partial charge in [0.15, 0.2) is 0 Å². The molecule has 0 aliphatic carbocycles. The Morgan fingerprint density at radius 2 is 2.19 bits per heavy atom. The van der Waals surface area contributed by atoms with Gasteiger partial charge in [0.2, 0.25) is 0 Å². The first-order chi connectivity index (χ1) is 10.1.